The average Bonchev–Trinajstić information content (AvgIpc) is 2.68. The maximum Gasteiger partial charge on any atom is 1.00 e. The minimum atomic E-state index is -1.09. The van der Waals surface area contributed by atoms with Gasteiger partial charge in [0.2, 0.25) is 0 Å². The van der Waals surface area contributed by atoms with Crippen LogP contribution in [0.4, 0.5) is 0 Å². The number of carboxylic acids is 1. The molecule has 154 valence electrons. The number of benzene rings is 1. The van der Waals surface area contributed by atoms with Crippen LogP contribution in [0.25, 0.3) is 0 Å². The summed E-state index contributed by atoms with van der Waals surface area (Å²) in [6.07, 6.45) is 23.3. The number of carboxylic acid groups (broad SMARTS) is 1. The quantitative estimate of drug-likeness (QED) is 0.279. The fourth-order valence-corrected chi connectivity index (χ4v) is 3.68. The van der Waals surface area contributed by atoms with E-state index in [0.717, 1.165) is 6.42 Å². The first-order chi connectivity index (χ1) is 13.2. The Hall–Kier alpha value is -0.310. The molecule has 0 spiro atoms. The van der Waals surface area contributed by atoms with Crippen molar-refractivity contribution in [3.8, 4) is 0 Å². The van der Waals surface area contributed by atoms with Gasteiger partial charge in [-0.1, -0.05) is 128 Å². The van der Waals surface area contributed by atoms with E-state index in [-0.39, 0.29) is 35.1 Å². The smallest absolute Gasteiger partial charge is 0.545 e. The molecular weight excluding hydrogens is 355 g/mol. The third-order valence-electron chi connectivity index (χ3n) is 5.51. The van der Waals surface area contributed by atoms with Crippen molar-refractivity contribution >= 4 is 5.97 Å². The first-order valence-electron chi connectivity index (χ1n) is 11.5. The summed E-state index contributed by atoms with van der Waals surface area (Å²) < 4.78 is 0. The molecule has 0 bridgehead atoms. The van der Waals surface area contributed by atoms with Gasteiger partial charge < -0.3 is 9.90 Å². The zero-order valence-electron chi connectivity index (χ0n) is 18.6. The number of hydrogen-bond donors (Lipinski definition) is 0. The Kier molecular flexibility index (Phi) is 19.8. The van der Waals surface area contributed by atoms with Crippen molar-refractivity contribution in [3.05, 3.63) is 35.4 Å². The van der Waals surface area contributed by atoms with E-state index in [1.54, 1.807) is 12.1 Å². The van der Waals surface area contributed by atoms with Crippen LogP contribution in [-0.4, -0.2) is 5.97 Å². The molecule has 0 fully saturated rings. The van der Waals surface area contributed by atoms with Gasteiger partial charge in [0.1, 0.15) is 0 Å². The summed E-state index contributed by atoms with van der Waals surface area (Å²) >= 11 is 0. The monoisotopic (exact) mass is 396 g/mol. The van der Waals surface area contributed by atoms with E-state index in [9.17, 15) is 9.90 Å². The van der Waals surface area contributed by atoms with Gasteiger partial charge in [-0.3, -0.25) is 0 Å². The summed E-state index contributed by atoms with van der Waals surface area (Å²) in [6, 6.07) is 7.13. The molecule has 0 atom stereocenters. The molecule has 0 unspecified atom stereocenters. The zero-order valence-corrected chi connectivity index (χ0v) is 20.6. The Balaban J connectivity index is 0.00000729. The van der Waals surface area contributed by atoms with Crippen molar-refractivity contribution in [1.29, 1.82) is 0 Å². The molecule has 2 nitrogen and oxygen atoms in total. The maximum absolute atomic E-state index is 10.7. The summed E-state index contributed by atoms with van der Waals surface area (Å²) in [5.74, 6) is -1.09. The van der Waals surface area contributed by atoms with Crippen LogP contribution in [0.5, 0.6) is 0 Å². The van der Waals surface area contributed by atoms with Crippen LogP contribution in [0.3, 0.4) is 0 Å². The second kappa shape index (κ2) is 20.0. The normalized spacial score (nSPS) is 10.6. The fraction of sp³-hybridized carbons (Fsp3) is 0.720. The largest absolute Gasteiger partial charge is 1.00 e. The van der Waals surface area contributed by atoms with Crippen LogP contribution < -0.4 is 34.7 Å². The van der Waals surface area contributed by atoms with E-state index < -0.39 is 5.97 Å². The van der Waals surface area contributed by atoms with E-state index in [1.807, 2.05) is 12.1 Å². The molecule has 28 heavy (non-hydrogen) atoms. The minimum absolute atomic E-state index is 0. The molecular formula is C25H41NaO2. The van der Waals surface area contributed by atoms with Crippen molar-refractivity contribution < 1.29 is 39.5 Å². The molecule has 1 aromatic carbocycles. The summed E-state index contributed by atoms with van der Waals surface area (Å²) in [6.45, 7) is 2.28. The van der Waals surface area contributed by atoms with Crippen molar-refractivity contribution in [2.24, 2.45) is 0 Å². The molecule has 0 aliphatic rings. The van der Waals surface area contributed by atoms with E-state index in [2.05, 4.69) is 6.92 Å². The molecule has 0 aliphatic heterocycles. The average molecular weight is 397 g/mol. The standard InChI is InChI=1S/C25H42O2.Na/c1-2-3-4-5-6-7-8-9-10-11-12-13-14-15-16-17-18-23-19-21-24(22-20-23)25(26)27;/h19-22H,2-18H2,1H3,(H,26,27);/q;+1/p-1. The van der Waals surface area contributed by atoms with Gasteiger partial charge in [0.25, 0.3) is 0 Å². The van der Waals surface area contributed by atoms with Gasteiger partial charge in [0.15, 0.2) is 0 Å². The molecule has 0 saturated heterocycles. The van der Waals surface area contributed by atoms with Crippen LogP contribution >= 0.6 is 0 Å². The van der Waals surface area contributed by atoms with E-state index >= 15 is 0 Å². The maximum atomic E-state index is 10.7. The van der Waals surface area contributed by atoms with Gasteiger partial charge in [0.05, 0.1) is 5.97 Å². The molecule has 3 heteroatoms. The number of carbonyl (C=O) groups excluding carboxylic acids is 1. The number of rotatable bonds is 18. The summed E-state index contributed by atoms with van der Waals surface area (Å²) in [7, 11) is 0. The van der Waals surface area contributed by atoms with Gasteiger partial charge in [0, 0.05) is 0 Å². The summed E-state index contributed by atoms with van der Waals surface area (Å²) in [5.41, 5.74) is 1.50. The fourth-order valence-electron chi connectivity index (χ4n) is 3.68. The first-order valence-corrected chi connectivity index (χ1v) is 11.5. The third kappa shape index (κ3) is 15.6. The van der Waals surface area contributed by atoms with Crippen LogP contribution in [0, 0.1) is 0 Å². The van der Waals surface area contributed by atoms with Crippen LogP contribution in [0.15, 0.2) is 24.3 Å². The van der Waals surface area contributed by atoms with Gasteiger partial charge in [-0.05, 0) is 24.0 Å². The molecule has 0 saturated carbocycles. The number of hydrogen-bond acceptors (Lipinski definition) is 2. The Morgan fingerprint density at radius 2 is 1.00 bits per heavy atom. The Morgan fingerprint density at radius 3 is 1.36 bits per heavy atom. The third-order valence-corrected chi connectivity index (χ3v) is 5.51. The first kappa shape index (κ1) is 27.7. The van der Waals surface area contributed by atoms with E-state index in [4.69, 9.17) is 0 Å². The van der Waals surface area contributed by atoms with E-state index in [0.29, 0.717) is 0 Å². The molecule has 0 N–H and O–H groups in total. The number of unbranched alkanes of at least 4 members (excludes halogenated alkanes) is 15. The predicted octanol–water partition coefficient (Wildman–Crippen LogP) is 3.86. The van der Waals surface area contributed by atoms with Gasteiger partial charge in [-0.15, -0.1) is 0 Å². The van der Waals surface area contributed by atoms with E-state index in [1.165, 1.54) is 108 Å². The number of aryl methyl sites for hydroxylation is 1. The minimum Gasteiger partial charge on any atom is -0.545 e. The molecule has 1 aromatic rings. The van der Waals surface area contributed by atoms with Crippen LogP contribution in [0.1, 0.15) is 126 Å². The van der Waals surface area contributed by atoms with Crippen LogP contribution in [-0.2, 0) is 6.42 Å². The molecule has 0 aromatic heterocycles. The molecule has 1 rings (SSSR count). The number of aromatic carboxylic acids is 1. The Bertz CT molecular complexity index is 470. The molecule has 0 aliphatic carbocycles. The number of carbonyl (C=O) groups is 1. The second-order valence-corrected chi connectivity index (χ2v) is 8.04. The summed E-state index contributed by atoms with van der Waals surface area (Å²) in [4.78, 5) is 10.7. The zero-order chi connectivity index (χ0) is 19.6. The Morgan fingerprint density at radius 1 is 0.643 bits per heavy atom. The second-order valence-electron chi connectivity index (χ2n) is 8.04. The Labute approximate surface area is 196 Å². The van der Waals surface area contributed by atoms with Crippen molar-refractivity contribution in [2.45, 2.75) is 116 Å². The van der Waals surface area contributed by atoms with Gasteiger partial charge in [-0.2, -0.15) is 0 Å². The van der Waals surface area contributed by atoms with Crippen LogP contribution in [0.2, 0.25) is 0 Å². The predicted molar refractivity (Wildman–Crippen MR) is 114 cm³/mol. The van der Waals surface area contributed by atoms with Crippen molar-refractivity contribution in [1.82, 2.24) is 0 Å². The van der Waals surface area contributed by atoms with Gasteiger partial charge in [-0.25, -0.2) is 0 Å². The summed E-state index contributed by atoms with van der Waals surface area (Å²) in [5, 5.41) is 10.7. The van der Waals surface area contributed by atoms with Gasteiger partial charge >= 0.3 is 29.6 Å². The van der Waals surface area contributed by atoms with Crippen molar-refractivity contribution in [2.75, 3.05) is 0 Å². The SMILES string of the molecule is CCCCCCCCCCCCCCCCCCc1ccc(C(=O)[O-])cc1.[Na+]. The molecule has 0 radical (unpaired) electrons. The molecule has 0 heterocycles. The molecule has 0 amide bonds. The topological polar surface area (TPSA) is 40.1 Å². The van der Waals surface area contributed by atoms with Crippen molar-refractivity contribution in [3.63, 3.8) is 0 Å².